The Bertz CT molecular complexity index is 552. The molecule has 1 heterocycles. The number of benzene rings is 2. The van der Waals surface area contributed by atoms with Crippen LogP contribution in [-0.4, -0.2) is 24.0 Å². The van der Waals surface area contributed by atoms with Crippen LogP contribution in [0.2, 0.25) is 0 Å². The molecular weight excluding hydrogens is 251 g/mol. The molecule has 3 rings (SSSR count). The quantitative estimate of drug-likeness (QED) is 0.898. The van der Waals surface area contributed by atoms with Gasteiger partial charge in [0, 0.05) is 37.8 Å². The summed E-state index contributed by atoms with van der Waals surface area (Å²) in [4.78, 5) is 2.35. The summed E-state index contributed by atoms with van der Waals surface area (Å²) < 4.78 is 13.8. The van der Waals surface area contributed by atoms with Gasteiger partial charge < -0.3 is 5.32 Å². The van der Waals surface area contributed by atoms with Gasteiger partial charge in [-0.1, -0.05) is 48.5 Å². The van der Waals surface area contributed by atoms with Crippen LogP contribution in [-0.2, 0) is 13.1 Å². The second-order valence-electron chi connectivity index (χ2n) is 5.29. The first kappa shape index (κ1) is 13.3. The van der Waals surface area contributed by atoms with E-state index < -0.39 is 0 Å². The highest BCUT2D eigenvalue weighted by Gasteiger charge is 2.25. The van der Waals surface area contributed by atoms with Gasteiger partial charge in [0.1, 0.15) is 5.82 Å². The van der Waals surface area contributed by atoms with Gasteiger partial charge in [0.05, 0.1) is 0 Å². The Morgan fingerprint density at radius 3 is 2.30 bits per heavy atom. The van der Waals surface area contributed by atoms with E-state index in [2.05, 4.69) is 34.5 Å². The van der Waals surface area contributed by atoms with Crippen molar-refractivity contribution in [3.8, 4) is 0 Å². The van der Waals surface area contributed by atoms with Crippen molar-refractivity contribution in [3.63, 3.8) is 0 Å². The Morgan fingerprint density at radius 1 is 0.950 bits per heavy atom. The first-order valence-electron chi connectivity index (χ1n) is 7.05. The molecule has 3 heteroatoms. The maximum Gasteiger partial charge on any atom is 0.127 e. The third-order valence-corrected chi connectivity index (χ3v) is 3.84. The third kappa shape index (κ3) is 3.06. The first-order chi connectivity index (χ1) is 9.83. The highest BCUT2D eigenvalue weighted by atomic mass is 19.1. The molecule has 2 nitrogen and oxygen atoms in total. The highest BCUT2D eigenvalue weighted by molar-refractivity contribution is 5.19. The largest absolute Gasteiger partial charge is 0.314 e. The second kappa shape index (κ2) is 6.16. The average molecular weight is 270 g/mol. The number of hydrogen-bond acceptors (Lipinski definition) is 2. The molecule has 2 aromatic carbocycles. The number of halogens is 1. The molecule has 1 N–H and O–H groups in total. The van der Waals surface area contributed by atoms with Crippen LogP contribution in [0.5, 0.6) is 0 Å². The van der Waals surface area contributed by atoms with Gasteiger partial charge in [-0.25, -0.2) is 4.39 Å². The lowest BCUT2D eigenvalue weighted by molar-refractivity contribution is 0.128. The Hall–Kier alpha value is -1.71. The zero-order valence-corrected chi connectivity index (χ0v) is 11.4. The van der Waals surface area contributed by atoms with Crippen molar-refractivity contribution < 1.29 is 4.39 Å². The zero-order chi connectivity index (χ0) is 13.8. The Morgan fingerprint density at radius 2 is 1.65 bits per heavy atom. The Balaban J connectivity index is 1.75. The van der Waals surface area contributed by atoms with Crippen LogP contribution < -0.4 is 5.32 Å². The van der Waals surface area contributed by atoms with Gasteiger partial charge in [-0.3, -0.25) is 4.90 Å². The van der Waals surface area contributed by atoms with Gasteiger partial charge in [0.2, 0.25) is 0 Å². The molecule has 0 aliphatic carbocycles. The van der Waals surface area contributed by atoms with Crippen LogP contribution in [0.15, 0.2) is 54.6 Å². The molecule has 20 heavy (non-hydrogen) atoms. The standard InChI is InChI=1S/C17H19FN2/c18-17-9-5-4-8-15(17)13-20(16-10-19-11-16)12-14-6-2-1-3-7-14/h1-9,16,19H,10-13H2. The molecule has 0 aromatic heterocycles. The Labute approximate surface area is 119 Å². The normalized spacial score (nSPS) is 15.3. The minimum absolute atomic E-state index is 0.113. The lowest BCUT2D eigenvalue weighted by atomic mass is 10.1. The van der Waals surface area contributed by atoms with Gasteiger partial charge in [-0.15, -0.1) is 0 Å². The topological polar surface area (TPSA) is 15.3 Å². The van der Waals surface area contributed by atoms with Crippen molar-refractivity contribution in [2.24, 2.45) is 0 Å². The van der Waals surface area contributed by atoms with E-state index in [1.807, 2.05) is 18.2 Å². The van der Waals surface area contributed by atoms with Crippen molar-refractivity contribution in [1.29, 1.82) is 0 Å². The molecule has 0 spiro atoms. The third-order valence-electron chi connectivity index (χ3n) is 3.84. The lowest BCUT2D eigenvalue weighted by Gasteiger charge is -2.38. The summed E-state index contributed by atoms with van der Waals surface area (Å²) in [6, 6.07) is 17.9. The molecule has 1 fully saturated rings. The number of nitrogens with one attached hydrogen (secondary N) is 1. The minimum Gasteiger partial charge on any atom is -0.314 e. The summed E-state index contributed by atoms with van der Waals surface area (Å²) in [6.07, 6.45) is 0. The molecule has 104 valence electrons. The molecule has 1 saturated heterocycles. The maximum atomic E-state index is 13.8. The van der Waals surface area contributed by atoms with E-state index in [1.165, 1.54) is 11.6 Å². The highest BCUT2D eigenvalue weighted by Crippen LogP contribution is 2.17. The van der Waals surface area contributed by atoms with Crippen LogP contribution in [0.4, 0.5) is 4.39 Å². The molecule has 0 radical (unpaired) electrons. The minimum atomic E-state index is -0.113. The van der Waals surface area contributed by atoms with E-state index in [0.717, 1.165) is 25.2 Å². The van der Waals surface area contributed by atoms with Crippen molar-refractivity contribution in [3.05, 3.63) is 71.5 Å². The average Bonchev–Trinajstić information content (AvgIpc) is 2.40. The second-order valence-corrected chi connectivity index (χ2v) is 5.29. The van der Waals surface area contributed by atoms with E-state index in [-0.39, 0.29) is 5.82 Å². The van der Waals surface area contributed by atoms with E-state index in [0.29, 0.717) is 12.6 Å². The number of hydrogen-bond donors (Lipinski definition) is 1. The molecule has 2 aromatic rings. The van der Waals surface area contributed by atoms with Gasteiger partial charge >= 0.3 is 0 Å². The molecule has 0 atom stereocenters. The predicted molar refractivity (Wildman–Crippen MR) is 78.7 cm³/mol. The van der Waals surface area contributed by atoms with Crippen molar-refractivity contribution in [2.75, 3.05) is 13.1 Å². The molecule has 1 aliphatic rings. The monoisotopic (exact) mass is 270 g/mol. The summed E-state index contributed by atoms with van der Waals surface area (Å²) >= 11 is 0. The Kier molecular flexibility index (Phi) is 4.09. The zero-order valence-electron chi connectivity index (χ0n) is 11.4. The van der Waals surface area contributed by atoms with Crippen LogP contribution >= 0.6 is 0 Å². The fourth-order valence-electron chi connectivity index (χ4n) is 2.51. The van der Waals surface area contributed by atoms with E-state index in [1.54, 1.807) is 6.07 Å². The van der Waals surface area contributed by atoms with E-state index in [9.17, 15) is 4.39 Å². The molecule has 0 amide bonds. The fraction of sp³-hybridized carbons (Fsp3) is 0.294. The first-order valence-corrected chi connectivity index (χ1v) is 7.05. The molecule has 1 aliphatic heterocycles. The summed E-state index contributed by atoms with van der Waals surface area (Å²) in [5.74, 6) is -0.113. The van der Waals surface area contributed by atoms with Gasteiger partial charge in [0.25, 0.3) is 0 Å². The molecule has 0 unspecified atom stereocenters. The van der Waals surface area contributed by atoms with Crippen molar-refractivity contribution in [2.45, 2.75) is 19.1 Å². The number of nitrogens with zero attached hydrogens (tertiary/aromatic N) is 1. The van der Waals surface area contributed by atoms with Crippen LogP contribution in [0, 0.1) is 5.82 Å². The van der Waals surface area contributed by atoms with Crippen LogP contribution in [0.1, 0.15) is 11.1 Å². The fourth-order valence-corrected chi connectivity index (χ4v) is 2.51. The lowest BCUT2D eigenvalue weighted by Crippen LogP contribution is -2.56. The van der Waals surface area contributed by atoms with E-state index >= 15 is 0 Å². The molecule has 0 bridgehead atoms. The SMILES string of the molecule is Fc1ccccc1CN(Cc1ccccc1)C1CNC1. The smallest absolute Gasteiger partial charge is 0.127 e. The van der Waals surface area contributed by atoms with Crippen molar-refractivity contribution >= 4 is 0 Å². The summed E-state index contributed by atoms with van der Waals surface area (Å²) in [6.45, 7) is 3.50. The van der Waals surface area contributed by atoms with Crippen LogP contribution in [0.25, 0.3) is 0 Å². The van der Waals surface area contributed by atoms with Crippen molar-refractivity contribution in [1.82, 2.24) is 10.2 Å². The number of rotatable bonds is 5. The summed E-state index contributed by atoms with van der Waals surface area (Å²) in [5.41, 5.74) is 2.05. The summed E-state index contributed by atoms with van der Waals surface area (Å²) in [7, 11) is 0. The summed E-state index contributed by atoms with van der Waals surface area (Å²) in [5, 5.41) is 3.29. The van der Waals surface area contributed by atoms with Crippen LogP contribution in [0.3, 0.4) is 0 Å². The molecular formula is C17H19FN2. The van der Waals surface area contributed by atoms with Gasteiger partial charge in [-0.05, 0) is 11.6 Å². The van der Waals surface area contributed by atoms with E-state index in [4.69, 9.17) is 0 Å². The predicted octanol–water partition coefficient (Wildman–Crippen LogP) is 2.80. The molecule has 0 saturated carbocycles. The maximum absolute atomic E-state index is 13.8. The van der Waals surface area contributed by atoms with Gasteiger partial charge in [0.15, 0.2) is 0 Å². The van der Waals surface area contributed by atoms with Gasteiger partial charge in [-0.2, -0.15) is 0 Å².